The predicted molar refractivity (Wildman–Crippen MR) is 198 cm³/mol. The molecule has 5 fully saturated rings. The minimum Gasteiger partial charge on any atom is -0.394 e. The number of aliphatic hydroxyl groups excluding tert-OH is 5. The van der Waals surface area contributed by atoms with Gasteiger partial charge < -0.3 is 88.7 Å². The largest absolute Gasteiger partial charge is 0.394 e. The number of ether oxygens (including phenoxy) is 4. The molecule has 316 valence electrons. The summed E-state index contributed by atoms with van der Waals surface area (Å²) in [6.45, 7) is -0.0740. The van der Waals surface area contributed by atoms with E-state index < -0.39 is 92.2 Å². The summed E-state index contributed by atoms with van der Waals surface area (Å²) in [6.07, 6.45) is -6.42. The van der Waals surface area contributed by atoms with Gasteiger partial charge in [0.1, 0.15) is 42.7 Å². The van der Waals surface area contributed by atoms with Crippen LogP contribution < -0.4 is 44.2 Å². The molecule has 17 N–H and O–H groups in total. The maximum atomic E-state index is 12.6. The summed E-state index contributed by atoms with van der Waals surface area (Å²) in [5.74, 6) is 0.699. The van der Waals surface area contributed by atoms with Crippen LogP contribution in [0, 0.1) is 0 Å². The van der Waals surface area contributed by atoms with Gasteiger partial charge in [0.2, 0.25) is 11.8 Å². The van der Waals surface area contributed by atoms with Crippen molar-refractivity contribution >= 4 is 29.6 Å². The Balaban J connectivity index is 0.963. The fourth-order valence-electron chi connectivity index (χ4n) is 7.88. The predicted octanol–water partition coefficient (Wildman–Crippen LogP) is -4.74. The van der Waals surface area contributed by atoms with Crippen LogP contribution in [-0.4, -0.2) is 172 Å². The smallest absolute Gasteiger partial charge is 0.315 e. The Kier molecular flexibility index (Phi) is 16.6. The molecule has 1 saturated carbocycles. The summed E-state index contributed by atoms with van der Waals surface area (Å²) < 4.78 is 23.4. The van der Waals surface area contributed by atoms with Gasteiger partial charge in [-0.05, 0) is 38.5 Å². The van der Waals surface area contributed by atoms with Crippen molar-refractivity contribution in [3.05, 3.63) is 0 Å². The summed E-state index contributed by atoms with van der Waals surface area (Å²) in [5, 5.41) is 64.3. The first-order chi connectivity index (χ1) is 26.3. The first-order valence-corrected chi connectivity index (χ1v) is 20.5. The number of nitrogens with two attached hydrogens (primary N) is 4. The molecule has 4 saturated heterocycles. The van der Waals surface area contributed by atoms with Gasteiger partial charge in [-0.15, -0.1) is 0 Å². The number of rotatable bonds is 18. The van der Waals surface area contributed by atoms with Crippen LogP contribution in [0.2, 0.25) is 0 Å². The molecular weight excluding hydrogens is 744 g/mol. The van der Waals surface area contributed by atoms with Crippen LogP contribution in [0.5, 0.6) is 0 Å². The average molecular weight is 807 g/mol. The van der Waals surface area contributed by atoms with E-state index in [1.54, 1.807) is 0 Å². The molecule has 6 unspecified atom stereocenters. The molecule has 0 aromatic heterocycles. The second-order valence-corrected chi connectivity index (χ2v) is 16.7. The Morgan fingerprint density at radius 2 is 1.44 bits per heavy atom. The van der Waals surface area contributed by atoms with E-state index in [9.17, 15) is 39.9 Å². The maximum Gasteiger partial charge on any atom is 0.315 e. The molecule has 4 aliphatic heterocycles. The van der Waals surface area contributed by atoms with Crippen LogP contribution in [0.15, 0.2) is 0 Å². The SMILES string of the molecule is NC1C[C@H](O)C(CNC(=O)CCCCCNC(=O)CCCC[C@@H]2SC[C@@H]3NC(=O)N[C@@H]32)O[C@@H]1O[C@H]1C(O)C(O[C@H]2OC(CO)[C@@H](O)[C@H](N)C2O)[C@H](N)C[C@H]1N. The van der Waals surface area contributed by atoms with Gasteiger partial charge in [-0.25, -0.2) is 4.79 Å². The number of carbonyl (C=O) groups excluding carboxylic acids is 3. The van der Waals surface area contributed by atoms with Crippen molar-refractivity contribution in [1.82, 2.24) is 21.3 Å². The summed E-state index contributed by atoms with van der Waals surface area (Å²) >= 11 is 1.87. The number of nitrogens with one attached hydrogen (secondary N) is 4. The minimum atomic E-state index is -1.49. The molecule has 55 heavy (non-hydrogen) atoms. The monoisotopic (exact) mass is 806 g/mol. The van der Waals surface area contributed by atoms with Crippen molar-refractivity contribution in [3.8, 4) is 0 Å². The Morgan fingerprint density at radius 1 is 0.782 bits per heavy atom. The van der Waals surface area contributed by atoms with Crippen LogP contribution in [0.3, 0.4) is 0 Å². The molecule has 1 aliphatic carbocycles. The molecular formula is C34H62N8O12S. The molecule has 20 nitrogen and oxygen atoms in total. The highest BCUT2D eigenvalue weighted by Crippen LogP contribution is 2.34. The highest BCUT2D eigenvalue weighted by Gasteiger charge is 2.50. The van der Waals surface area contributed by atoms with E-state index in [2.05, 4.69) is 21.3 Å². The molecule has 0 spiro atoms. The molecule has 0 aromatic carbocycles. The van der Waals surface area contributed by atoms with Gasteiger partial charge in [-0.3, -0.25) is 9.59 Å². The standard InChI is InChI=1S/C34H62N8O12S/c35-15-10-16(36)31(54-33-28(48)25(38)27(47)21(13-43)52-33)29(49)30(15)53-32-17(37)11-19(44)20(51-32)12-40-24(46)7-2-1-5-9-39-23(45)8-4-3-6-22-26-18(14-55-22)41-34(50)42-26/h15-22,25-33,43-44,47-49H,1-14,35-38H2,(H,39,45)(H,40,46)(H2,41,42,50)/t15-,16-,17?,18+,19+,20?,21?,22+,25+,26+,27-,28?,29?,30-,31?,32-,33-/m1/s1. The number of hydrogen-bond acceptors (Lipinski definition) is 17. The molecule has 5 rings (SSSR count). The van der Waals surface area contributed by atoms with Gasteiger partial charge in [0.25, 0.3) is 0 Å². The summed E-state index contributed by atoms with van der Waals surface area (Å²) in [4.78, 5) is 36.4. The third-order valence-corrected chi connectivity index (χ3v) is 12.7. The van der Waals surface area contributed by atoms with E-state index in [1.807, 2.05) is 11.8 Å². The Hall–Kier alpha value is -1.96. The number of thioether (sulfide) groups is 1. The van der Waals surface area contributed by atoms with Crippen LogP contribution in [0.25, 0.3) is 0 Å². The quantitative estimate of drug-likeness (QED) is 0.0457. The Labute approximate surface area is 324 Å². The molecule has 17 atom stereocenters. The van der Waals surface area contributed by atoms with Crippen molar-refractivity contribution in [2.45, 2.75) is 167 Å². The van der Waals surface area contributed by atoms with E-state index in [0.717, 1.165) is 37.9 Å². The van der Waals surface area contributed by atoms with E-state index in [0.29, 0.717) is 24.6 Å². The lowest BCUT2D eigenvalue weighted by Gasteiger charge is -2.47. The lowest BCUT2D eigenvalue weighted by molar-refractivity contribution is -0.315. The molecule has 21 heteroatoms. The molecule has 4 heterocycles. The highest BCUT2D eigenvalue weighted by atomic mass is 32.2. The lowest BCUT2D eigenvalue weighted by Crippen LogP contribution is -2.68. The molecule has 5 aliphatic rings. The third-order valence-electron chi connectivity index (χ3n) is 11.2. The third kappa shape index (κ3) is 11.6. The van der Waals surface area contributed by atoms with Gasteiger partial charge in [0, 0.05) is 49.0 Å². The zero-order valence-electron chi connectivity index (χ0n) is 31.0. The highest BCUT2D eigenvalue weighted by molar-refractivity contribution is 8.00. The van der Waals surface area contributed by atoms with Crippen molar-refractivity contribution in [2.75, 3.05) is 25.4 Å². The van der Waals surface area contributed by atoms with Crippen LogP contribution >= 0.6 is 11.8 Å². The van der Waals surface area contributed by atoms with E-state index >= 15 is 0 Å². The number of hydrogen-bond donors (Lipinski definition) is 13. The lowest BCUT2D eigenvalue weighted by atomic mass is 9.84. The van der Waals surface area contributed by atoms with Crippen molar-refractivity contribution in [3.63, 3.8) is 0 Å². The number of amides is 4. The van der Waals surface area contributed by atoms with E-state index in [1.165, 1.54) is 0 Å². The number of unbranched alkanes of at least 4 members (excludes halogenated alkanes) is 3. The fraction of sp³-hybridized carbons (Fsp3) is 0.912. The van der Waals surface area contributed by atoms with Gasteiger partial charge in [-0.1, -0.05) is 12.8 Å². The number of aliphatic hydroxyl groups is 5. The maximum absolute atomic E-state index is 12.6. The topological polar surface area (TPSA) is 341 Å². The first kappa shape index (κ1) is 44.1. The number of fused-ring (bicyclic) bond motifs is 1. The molecule has 4 amide bonds. The van der Waals surface area contributed by atoms with Crippen molar-refractivity contribution in [2.24, 2.45) is 22.9 Å². The van der Waals surface area contributed by atoms with Crippen LogP contribution in [0.4, 0.5) is 4.79 Å². The average Bonchev–Trinajstić information content (AvgIpc) is 3.70. The fourth-order valence-corrected chi connectivity index (χ4v) is 9.42. The Bertz CT molecular complexity index is 1260. The zero-order chi connectivity index (χ0) is 39.8. The molecule has 0 radical (unpaired) electrons. The first-order valence-electron chi connectivity index (χ1n) is 19.5. The molecule has 0 aromatic rings. The number of carbonyl (C=O) groups is 3. The minimum absolute atomic E-state index is 0.00724. The van der Waals surface area contributed by atoms with E-state index in [-0.39, 0.29) is 55.7 Å². The second-order valence-electron chi connectivity index (χ2n) is 15.4. The van der Waals surface area contributed by atoms with Gasteiger partial charge >= 0.3 is 6.03 Å². The van der Waals surface area contributed by atoms with Gasteiger partial charge in [-0.2, -0.15) is 11.8 Å². The van der Waals surface area contributed by atoms with Gasteiger partial charge in [0.15, 0.2) is 12.6 Å². The van der Waals surface area contributed by atoms with Gasteiger partial charge in [0.05, 0.1) is 36.9 Å². The Morgan fingerprint density at radius 3 is 2.15 bits per heavy atom. The second kappa shape index (κ2) is 20.6. The van der Waals surface area contributed by atoms with Crippen LogP contribution in [-0.2, 0) is 28.5 Å². The van der Waals surface area contributed by atoms with E-state index in [4.69, 9.17) is 41.9 Å². The number of urea groups is 1. The van der Waals surface area contributed by atoms with Crippen LogP contribution in [0.1, 0.15) is 64.2 Å². The van der Waals surface area contributed by atoms with Crippen molar-refractivity contribution < 1.29 is 58.9 Å². The van der Waals surface area contributed by atoms with Crippen molar-refractivity contribution in [1.29, 1.82) is 0 Å². The molecule has 0 bridgehead atoms. The zero-order valence-corrected chi connectivity index (χ0v) is 31.8. The normalized spacial score (nSPS) is 41.6. The summed E-state index contributed by atoms with van der Waals surface area (Å²) in [5.41, 5.74) is 24.7. The summed E-state index contributed by atoms with van der Waals surface area (Å²) in [6, 6.07) is -3.30. The summed E-state index contributed by atoms with van der Waals surface area (Å²) in [7, 11) is 0.